The van der Waals surface area contributed by atoms with E-state index in [0.717, 1.165) is 5.71 Å². The van der Waals surface area contributed by atoms with Crippen LogP contribution in [0.25, 0.3) is 0 Å². The number of amides is 1. The van der Waals surface area contributed by atoms with Crippen LogP contribution in [0.15, 0.2) is 65.8 Å². The molecular weight excluding hydrogens is 291 g/mol. The third-order valence-electron chi connectivity index (χ3n) is 4.50. The zero-order valence-corrected chi connectivity index (χ0v) is 13.5. The normalized spacial score (nSPS) is 24.6. The quantitative estimate of drug-likeness (QED) is 0.773. The minimum Gasteiger partial charge on any atom is -0.273 e. The minimum absolute atomic E-state index is 0.0432. The summed E-state index contributed by atoms with van der Waals surface area (Å²) in [5.74, 6) is 0.0432. The van der Waals surface area contributed by atoms with Crippen molar-refractivity contribution in [1.29, 1.82) is 0 Å². The molecule has 2 aliphatic rings. The van der Waals surface area contributed by atoms with Crippen molar-refractivity contribution in [2.45, 2.75) is 24.7 Å². The van der Waals surface area contributed by atoms with E-state index in [2.05, 4.69) is 60.6 Å². The van der Waals surface area contributed by atoms with Crippen molar-refractivity contribution in [3.05, 3.63) is 71.8 Å². The van der Waals surface area contributed by atoms with Gasteiger partial charge in [0, 0.05) is 20.7 Å². The number of carbonyl (C=O) groups is 1. The molecule has 0 aromatic heterocycles. The molecule has 0 aliphatic carbocycles. The number of carbonyl (C=O) groups excluding carboxylic acids is 1. The van der Waals surface area contributed by atoms with Crippen molar-refractivity contribution in [3.63, 3.8) is 0 Å². The van der Waals surface area contributed by atoms with Gasteiger partial charge < -0.3 is 0 Å². The summed E-state index contributed by atoms with van der Waals surface area (Å²) >= 11 is 0. The zero-order valence-electron chi connectivity index (χ0n) is 12.6. The van der Waals surface area contributed by atoms with Gasteiger partial charge in [0.15, 0.2) is 0 Å². The van der Waals surface area contributed by atoms with Crippen LogP contribution >= 0.6 is 8.07 Å². The fraction of sp³-hybridized carbons (Fsp3) is 0.222. The number of rotatable bonds is 2. The standard InChI is InChI=1S/C18H17N2OP/c1-13-17-18(15-9-5-3-6-10-15,16-11-7-4-8-12-16)22(17)20(19-13)14(2)21/h3-12,17H,1-2H3. The van der Waals surface area contributed by atoms with Gasteiger partial charge in [-0.25, -0.2) is 4.78 Å². The van der Waals surface area contributed by atoms with Gasteiger partial charge in [0.2, 0.25) is 5.91 Å². The van der Waals surface area contributed by atoms with Gasteiger partial charge in [0.25, 0.3) is 0 Å². The molecule has 0 saturated carbocycles. The average Bonchev–Trinajstić information content (AvgIpc) is 3.13. The maximum absolute atomic E-state index is 12.0. The monoisotopic (exact) mass is 308 g/mol. The highest BCUT2D eigenvalue weighted by Crippen LogP contribution is 2.86. The lowest BCUT2D eigenvalue weighted by molar-refractivity contribution is -0.124. The van der Waals surface area contributed by atoms with E-state index in [0.29, 0.717) is 5.66 Å². The first-order valence-electron chi connectivity index (χ1n) is 7.43. The Morgan fingerprint density at radius 1 is 1.05 bits per heavy atom. The van der Waals surface area contributed by atoms with Crippen molar-refractivity contribution in [2.24, 2.45) is 5.10 Å². The number of nitrogens with zero attached hydrogens (tertiary/aromatic N) is 2. The molecule has 0 radical (unpaired) electrons. The average molecular weight is 308 g/mol. The highest BCUT2D eigenvalue weighted by Gasteiger charge is 2.74. The minimum atomic E-state index is -0.661. The Balaban J connectivity index is 1.91. The van der Waals surface area contributed by atoms with Crippen molar-refractivity contribution < 1.29 is 4.79 Å². The molecule has 22 heavy (non-hydrogen) atoms. The summed E-state index contributed by atoms with van der Waals surface area (Å²) in [6.45, 7) is 3.66. The number of fused-ring (bicyclic) bond motifs is 1. The largest absolute Gasteiger partial charge is 0.273 e. The number of hydrazone groups is 1. The molecule has 2 aromatic carbocycles. The van der Waals surface area contributed by atoms with Crippen LogP contribution < -0.4 is 0 Å². The topological polar surface area (TPSA) is 32.7 Å². The zero-order chi connectivity index (χ0) is 15.3. The van der Waals surface area contributed by atoms with Crippen LogP contribution in [0.4, 0.5) is 0 Å². The maximum atomic E-state index is 12.0. The van der Waals surface area contributed by atoms with E-state index in [1.807, 2.05) is 12.1 Å². The van der Waals surface area contributed by atoms with E-state index in [-0.39, 0.29) is 11.1 Å². The molecule has 0 bridgehead atoms. The number of hydrogen-bond acceptors (Lipinski definition) is 2. The first kappa shape index (κ1) is 13.7. The molecule has 2 heterocycles. The smallest absolute Gasteiger partial charge is 0.242 e. The van der Waals surface area contributed by atoms with Crippen molar-refractivity contribution in [3.8, 4) is 0 Å². The van der Waals surface area contributed by atoms with E-state index in [1.165, 1.54) is 11.1 Å². The van der Waals surface area contributed by atoms with Crippen molar-refractivity contribution >= 4 is 19.7 Å². The Labute approximate surface area is 131 Å². The van der Waals surface area contributed by atoms with Crippen LogP contribution in [0, 0.1) is 0 Å². The second kappa shape index (κ2) is 4.76. The summed E-state index contributed by atoms with van der Waals surface area (Å²) in [5, 5.41) is 4.41. The predicted octanol–water partition coefficient (Wildman–Crippen LogP) is 3.95. The van der Waals surface area contributed by atoms with Gasteiger partial charge in [-0.1, -0.05) is 60.7 Å². The summed E-state index contributed by atoms with van der Waals surface area (Å²) in [5.41, 5.74) is 4.00. The summed E-state index contributed by atoms with van der Waals surface area (Å²) in [4.78, 5) is 12.0. The van der Waals surface area contributed by atoms with Gasteiger partial charge in [-0.05, 0) is 18.1 Å². The highest BCUT2D eigenvalue weighted by molar-refractivity contribution is 7.68. The Morgan fingerprint density at radius 2 is 1.55 bits per heavy atom. The van der Waals surface area contributed by atoms with Crippen LogP contribution in [0.3, 0.4) is 0 Å². The number of hydrogen-bond donors (Lipinski definition) is 0. The number of benzene rings is 2. The Hall–Kier alpha value is -1.99. The molecule has 1 amide bonds. The van der Waals surface area contributed by atoms with Gasteiger partial charge in [-0.15, -0.1) is 0 Å². The SMILES string of the molecule is CC(=O)N1N=C(C)C2P1C2(c1ccccc1)c1ccccc1. The molecule has 1 saturated heterocycles. The van der Waals surface area contributed by atoms with Gasteiger partial charge >= 0.3 is 0 Å². The lowest BCUT2D eigenvalue weighted by Gasteiger charge is -2.24. The molecule has 110 valence electrons. The summed E-state index contributed by atoms with van der Waals surface area (Å²) in [6, 6.07) is 21.1. The first-order chi connectivity index (χ1) is 10.7. The highest BCUT2D eigenvalue weighted by atomic mass is 31.1. The van der Waals surface area contributed by atoms with Gasteiger partial charge in [0.05, 0.1) is 10.8 Å². The maximum Gasteiger partial charge on any atom is 0.242 e. The molecule has 2 aliphatic heterocycles. The Morgan fingerprint density at radius 3 is 2.00 bits per heavy atom. The third-order valence-corrected chi connectivity index (χ3v) is 7.74. The molecule has 4 heteroatoms. The summed E-state index contributed by atoms with van der Waals surface area (Å²) < 4.78 is 1.75. The van der Waals surface area contributed by atoms with Crippen molar-refractivity contribution in [1.82, 2.24) is 4.78 Å². The fourth-order valence-corrected chi connectivity index (χ4v) is 7.11. The van der Waals surface area contributed by atoms with E-state index in [9.17, 15) is 4.79 Å². The Kier molecular flexibility index (Phi) is 2.95. The van der Waals surface area contributed by atoms with Crippen LogP contribution in [-0.2, 0) is 9.95 Å². The molecule has 0 N–H and O–H groups in total. The lowest BCUT2D eigenvalue weighted by atomic mass is 9.87. The molecule has 3 nitrogen and oxygen atoms in total. The fourth-order valence-electron chi connectivity index (χ4n) is 3.62. The van der Waals surface area contributed by atoms with Crippen LogP contribution in [-0.4, -0.2) is 22.1 Å². The molecule has 2 aromatic rings. The third kappa shape index (κ3) is 1.66. The molecule has 4 rings (SSSR count). The predicted molar refractivity (Wildman–Crippen MR) is 90.0 cm³/mol. The summed E-state index contributed by atoms with van der Waals surface area (Å²) in [7, 11) is -0.661. The van der Waals surface area contributed by atoms with Gasteiger partial charge in [-0.3, -0.25) is 4.79 Å². The molecule has 1 fully saturated rings. The lowest BCUT2D eigenvalue weighted by Crippen LogP contribution is -2.24. The van der Waals surface area contributed by atoms with E-state index >= 15 is 0 Å². The van der Waals surface area contributed by atoms with Gasteiger partial charge in [0.1, 0.15) is 0 Å². The second-order valence-corrected chi connectivity index (χ2v) is 8.09. The van der Waals surface area contributed by atoms with Crippen LogP contribution in [0.2, 0.25) is 0 Å². The molecular formula is C18H17N2OP. The molecule has 0 spiro atoms. The van der Waals surface area contributed by atoms with Crippen LogP contribution in [0.1, 0.15) is 25.0 Å². The van der Waals surface area contributed by atoms with Crippen LogP contribution in [0.5, 0.6) is 0 Å². The molecule has 2 unspecified atom stereocenters. The van der Waals surface area contributed by atoms with Crippen molar-refractivity contribution in [2.75, 3.05) is 0 Å². The van der Waals surface area contributed by atoms with Gasteiger partial charge in [-0.2, -0.15) is 5.10 Å². The first-order valence-corrected chi connectivity index (χ1v) is 8.80. The summed E-state index contributed by atoms with van der Waals surface area (Å²) in [6.07, 6.45) is 0. The van der Waals surface area contributed by atoms with E-state index in [4.69, 9.17) is 0 Å². The molecule has 2 atom stereocenters. The second-order valence-electron chi connectivity index (χ2n) is 5.80. The Bertz CT molecular complexity index is 718. The van der Waals surface area contributed by atoms with E-state index < -0.39 is 8.07 Å². The van der Waals surface area contributed by atoms with E-state index in [1.54, 1.807) is 11.7 Å².